The molecule has 144 valence electrons. The zero-order chi connectivity index (χ0) is 20.2. The quantitative estimate of drug-likeness (QED) is 0.182. The molecule has 0 saturated heterocycles. The van der Waals surface area contributed by atoms with Crippen molar-refractivity contribution < 1.29 is 9.53 Å². The lowest BCUT2D eigenvalue weighted by atomic mass is 10.1. The van der Waals surface area contributed by atoms with Gasteiger partial charge in [-0.05, 0) is 82.8 Å². The standard InChI is InChI=1S/C25H20INO2/c1-29-22-13-8-19(9-14-22)25(28)15-10-20-17-27(24-5-3-2-4-23(20)24)16-18-6-11-21(26)12-7-18/h2-15,17H,16H2,1H3/b15-10+. The summed E-state index contributed by atoms with van der Waals surface area (Å²) in [5.74, 6) is 0.714. The SMILES string of the molecule is COc1ccc(C(=O)/C=C/c2cn(Cc3ccc(I)cc3)c3ccccc23)cc1. The lowest BCUT2D eigenvalue weighted by molar-refractivity contribution is 0.104. The molecule has 0 aliphatic rings. The van der Waals surface area contributed by atoms with E-state index in [9.17, 15) is 4.79 Å². The number of fused-ring (bicyclic) bond motifs is 1. The molecule has 0 radical (unpaired) electrons. The Kier molecular flexibility index (Phi) is 5.81. The molecule has 0 fully saturated rings. The second-order valence-corrected chi connectivity index (χ2v) is 8.03. The van der Waals surface area contributed by atoms with Crippen LogP contribution < -0.4 is 4.74 Å². The third-order valence-electron chi connectivity index (χ3n) is 4.87. The van der Waals surface area contributed by atoms with E-state index in [1.54, 1.807) is 37.5 Å². The average molecular weight is 493 g/mol. The molecule has 0 atom stereocenters. The largest absolute Gasteiger partial charge is 0.497 e. The van der Waals surface area contributed by atoms with Gasteiger partial charge in [0.05, 0.1) is 7.11 Å². The van der Waals surface area contributed by atoms with Gasteiger partial charge < -0.3 is 9.30 Å². The Labute approximate surface area is 183 Å². The second kappa shape index (κ2) is 8.66. The number of benzene rings is 3. The van der Waals surface area contributed by atoms with Gasteiger partial charge in [-0.2, -0.15) is 0 Å². The van der Waals surface area contributed by atoms with Crippen LogP contribution in [-0.4, -0.2) is 17.5 Å². The Morgan fingerprint density at radius 1 is 1.00 bits per heavy atom. The van der Waals surface area contributed by atoms with Crippen LogP contribution in [0.3, 0.4) is 0 Å². The first-order valence-corrected chi connectivity index (χ1v) is 10.4. The average Bonchev–Trinajstić information content (AvgIpc) is 3.11. The number of aromatic nitrogens is 1. The Balaban J connectivity index is 1.62. The number of hydrogen-bond acceptors (Lipinski definition) is 2. The molecule has 0 bridgehead atoms. The van der Waals surface area contributed by atoms with Crippen LogP contribution in [0.2, 0.25) is 0 Å². The molecule has 1 heterocycles. The smallest absolute Gasteiger partial charge is 0.185 e. The molecule has 0 amide bonds. The van der Waals surface area contributed by atoms with Gasteiger partial charge in [0.1, 0.15) is 5.75 Å². The van der Waals surface area contributed by atoms with Gasteiger partial charge in [-0.1, -0.05) is 30.3 Å². The fraction of sp³-hybridized carbons (Fsp3) is 0.0800. The zero-order valence-corrected chi connectivity index (χ0v) is 18.2. The monoisotopic (exact) mass is 493 g/mol. The highest BCUT2D eigenvalue weighted by molar-refractivity contribution is 14.1. The third-order valence-corrected chi connectivity index (χ3v) is 5.59. The number of carbonyl (C=O) groups is 1. The Hall–Kier alpha value is -2.86. The molecule has 4 rings (SSSR count). The van der Waals surface area contributed by atoms with E-state index in [-0.39, 0.29) is 5.78 Å². The summed E-state index contributed by atoms with van der Waals surface area (Å²) in [6.07, 6.45) is 5.65. The van der Waals surface area contributed by atoms with Crippen LogP contribution in [-0.2, 0) is 6.54 Å². The summed E-state index contributed by atoms with van der Waals surface area (Å²) in [6.45, 7) is 0.789. The van der Waals surface area contributed by atoms with E-state index in [2.05, 4.69) is 69.8 Å². The Bertz CT molecular complexity index is 1170. The molecule has 0 aliphatic heterocycles. The van der Waals surface area contributed by atoms with Gasteiger partial charge in [0.2, 0.25) is 0 Å². The van der Waals surface area contributed by atoms with Gasteiger partial charge in [-0.3, -0.25) is 4.79 Å². The van der Waals surface area contributed by atoms with Crippen molar-refractivity contribution >= 4 is 45.4 Å². The first-order chi connectivity index (χ1) is 14.1. The van der Waals surface area contributed by atoms with Gasteiger partial charge >= 0.3 is 0 Å². The van der Waals surface area contributed by atoms with Crippen LogP contribution in [0.1, 0.15) is 21.5 Å². The minimum absolute atomic E-state index is 0.0258. The van der Waals surface area contributed by atoms with E-state index in [1.165, 1.54) is 9.13 Å². The van der Waals surface area contributed by atoms with Crippen molar-refractivity contribution in [3.05, 3.63) is 105 Å². The van der Waals surface area contributed by atoms with Gasteiger partial charge in [0.15, 0.2) is 5.78 Å². The van der Waals surface area contributed by atoms with Crippen LogP contribution in [0.15, 0.2) is 85.1 Å². The van der Waals surface area contributed by atoms with Gasteiger partial charge in [0.25, 0.3) is 0 Å². The molecule has 0 unspecified atom stereocenters. The maximum atomic E-state index is 12.5. The summed E-state index contributed by atoms with van der Waals surface area (Å²) in [5, 5.41) is 1.14. The minimum atomic E-state index is -0.0258. The first-order valence-electron chi connectivity index (χ1n) is 9.33. The molecule has 3 nitrogen and oxygen atoms in total. The fourth-order valence-electron chi connectivity index (χ4n) is 3.34. The van der Waals surface area contributed by atoms with Crippen molar-refractivity contribution in [2.75, 3.05) is 7.11 Å². The number of carbonyl (C=O) groups excluding carboxylic acids is 1. The maximum absolute atomic E-state index is 12.5. The van der Waals surface area contributed by atoms with E-state index in [0.29, 0.717) is 5.56 Å². The van der Waals surface area contributed by atoms with Crippen molar-refractivity contribution in [3.8, 4) is 5.75 Å². The number of ether oxygens (including phenoxy) is 1. The van der Waals surface area contributed by atoms with Gasteiger partial charge in [0, 0.05) is 38.3 Å². The first kappa shape index (κ1) is 19.5. The minimum Gasteiger partial charge on any atom is -0.497 e. The number of para-hydroxylation sites is 1. The lowest BCUT2D eigenvalue weighted by Crippen LogP contribution is -1.97. The van der Waals surface area contributed by atoms with Crippen LogP contribution in [0.25, 0.3) is 17.0 Å². The Morgan fingerprint density at radius 3 is 2.45 bits per heavy atom. The highest BCUT2D eigenvalue weighted by Gasteiger charge is 2.08. The predicted molar refractivity (Wildman–Crippen MR) is 127 cm³/mol. The predicted octanol–water partition coefficient (Wildman–Crippen LogP) is 6.20. The van der Waals surface area contributed by atoms with Crippen molar-refractivity contribution in [1.29, 1.82) is 0 Å². The normalized spacial score (nSPS) is 11.2. The number of hydrogen-bond donors (Lipinski definition) is 0. The summed E-state index contributed by atoms with van der Waals surface area (Å²) in [5.41, 5.74) is 4.08. The van der Waals surface area contributed by atoms with E-state index >= 15 is 0 Å². The molecule has 0 spiro atoms. The number of nitrogens with zero attached hydrogens (tertiary/aromatic N) is 1. The van der Waals surface area contributed by atoms with Crippen LogP contribution in [0.4, 0.5) is 0 Å². The second-order valence-electron chi connectivity index (χ2n) is 6.78. The van der Waals surface area contributed by atoms with Crippen LogP contribution in [0, 0.1) is 3.57 Å². The van der Waals surface area contributed by atoms with E-state index < -0.39 is 0 Å². The van der Waals surface area contributed by atoms with Crippen molar-refractivity contribution in [2.45, 2.75) is 6.54 Å². The highest BCUT2D eigenvalue weighted by atomic mass is 127. The topological polar surface area (TPSA) is 31.2 Å². The Morgan fingerprint density at radius 2 is 1.72 bits per heavy atom. The van der Waals surface area contributed by atoms with Gasteiger partial charge in [-0.25, -0.2) is 0 Å². The zero-order valence-electron chi connectivity index (χ0n) is 16.0. The molecule has 1 aromatic heterocycles. The molecule has 0 N–H and O–H groups in total. The summed E-state index contributed by atoms with van der Waals surface area (Å²) < 4.78 is 8.61. The molecule has 29 heavy (non-hydrogen) atoms. The lowest BCUT2D eigenvalue weighted by Gasteiger charge is -2.05. The molecular weight excluding hydrogens is 473 g/mol. The van der Waals surface area contributed by atoms with Gasteiger partial charge in [-0.15, -0.1) is 0 Å². The molecule has 3 aromatic carbocycles. The molecule has 4 aromatic rings. The molecule has 0 saturated carbocycles. The number of allylic oxidation sites excluding steroid dienone is 1. The van der Waals surface area contributed by atoms with Crippen molar-refractivity contribution in [2.24, 2.45) is 0 Å². The summed E-state index contributed by atoms with van der Waals surface area (Å²) in [6, 6.07) is 24.0. The third kappa shape index (κ3) is 4.43. The summed E-state index contributed by atoms with van der Waals surface area (Å²) >= 11 is 2.32. The number of halogens is 1. The van der Waals surface area contributed by atoms with Crippen LogP contribution >= 0.6 is 22.6 Å². The van der Waals surface area contributed by atoms with E-state index in [4.69, 9.17) is 4.74 Å². The van der Waals surface area contributed by atoms with Crippen molar-refractivity contribution in [1.82, 2.24) is 4.57 Å². The highest BCUT2D eigenvalue weighted by Crippen LogP contribution is 2.24. The summed E-state index contributed by atoms with van der Waals surface area (Å²) in [7, 11) is 1.61. The summed E-state index contributed by atoms with van der Waals surface area (Å²) in [4.78, 5) is 12.5. The van der Waals surface area contributed by atoms with E-state index in [0.717, 1.165) is 28.8 Å². The molecule has 0 aliphatic carbocycles. The van der Waals surface area contributed by atoms with E-state index in [1.807, 2.05) is 18.2 Å². The molecule has 4 heteroatoms. The number of rotatable bonds is 6. The molecular formula is C25H20INO2. The maximum Gasteiger partial charge on any atom is 0.185 e. The van der Waals surface area contributed by atoms with Crippen molar-refractivity contribution in [3.63, 3.8) is 0 Å². The van der Waals surface area contributed by atoms with Crippen LogP contribution in [0.5, 0.6) is 5.75 Å². The number of ketones is 1. The number of methoxy groups -OCH3 is 1. The fourth-order valence-corrected chi connectivity index (χ4v) is 3.70.